The van der Waals surface area contributed by atoms with Gasteiger partial charge in [-0.2, -0.15) is 5.26 Å². The third kappa shape index (κ3) is 4.22. The van der Waals surface area contributed by atoms with E-state index in [2.05, 4.69) is 17.1 Å². The van der Waals surface area contributed by atoms with E-state index < -0.39 is 0 Å². The molecular formula is C15H20FN3. The standard InChI is InChI=1S/C15H20FN3/c1-12(11-19-5-3-2-4-6-19)18-15-8-13(10-17)7-14(16)9-15/h7-9,12,18H,2-6,11H2,1H3. The van der Waals surface area contributed by atoms with E-state index >= 15 is 0 Å². The number of piperidine rings is 1. The molecule has 1 heterocycles. The minimum absolute atomic E-state index is 0.242. The van der Waals surface area contributed by atoms with Crippen LogP contribution in [0.4, 0.5) is 10.1 Å². The topological polar surface area (TPSA) is 39.1 Å². The first-order chi connectivity index (χ1) is 9.17. The van der Waals surface area contributed by atoms with Gasteiger partial charge in [0.05, 0.1) is 11.6 Å². The van der Waals surface area contributed by atoms with E-state index in [0.29, 0.717) is 11.3 Å². The zero-order valence-corrected chi connectivity index (χ0v) is 11.3. The van der Waals surface area contributed by atoms with Crippen LogP contribution in [0, 0.1) is 17.1 Å². The normalized spacial score (nSPS) is 17.7. The van der Waals surface area contributed by atoms with Gasteiger partial charge in [0.15, 0.2) is 0 Å². The van der Waals surface area contributed by atoms with E-state index in [0.717, 1.165) is 19.6 Å². The monoisotopic (exact) mass is 261 g/mol. The zero-order valence-electron chi connectivity index (χ0n) is 11.3. The van der Waals surface area contributed by atoms with Crippen LogP contribution in [-0.4, -0.2) is 30.6 Å². The lowest BCUT2D eigenvalue weighted by Crippen LogP contribution is -2.38. The highest BCUT2D eigenvalue weighted by molar-refractivity contribution is 5.50. The van der Waals surface area contributed by atoms with Crippen LogP contribution < -0.4 is 5.32 Å². The molecule has 0 aliphatic carbocycles. The second-order valence-corrected chi connectivity index (χ2v) is 5.25. The predicted octanol–water partition coefficient (Wildman–Crippen LogP) is 2.98. The van der Waals surface area contributed by atoms with Gasteiger partial charge in [0.25, 0.3) is 0 Å². The summed E-state index contributed by atoms with van der Waals surface area (Å²) >= 11 is 0. The quantitative estimate of drug-likeness (QED) is 0.905. The van der Waals surface area contributed by atoms with Crippen molar-refractivity contribution in [2.45, 2.75) is 32.2 Å². The SMILES string of the molecule is CC(CN1CCCCC1)Nc1cc(F)cc(C#N)c1. The number of benzene rings is 1. The fraction of sp³-hybridized carbons (Fsp3) is 0.533. The number of hydrogen-bond acceptors (Lipinski definition) is 3. The average Bonchev–Trinajstić information content (AvgIpc) is 2.38. The van der Waals surface area contributed by atoms with Gasteiger partial charge in [-0.05, 0) is 51.1 Å². The molecule has 0 saturated carbocycles. The van der Waals surface area contributed by atoms with E-state index in [9.17, 15) is 4.39 Å². The number of anilines is 1. The summed E-state index contributed by atoms with van der Waals surface area (Å²) in [4.78, 5) is 2.44. The molecule has 1 aromatic carbocycles. The summed E-state index contributed by atoms with van der Waals surface area (Å²) in [6, 6.07) is 6.59. The van der Waals surface area contributed by atoms with Gasteiger partial charge in [-0.3, -0.25) is 0 Å². The summed E-state index contributed by atoms with van der Waals surface area (Å²) in [5.74, 6) is -0.369. The van der Waals surface area contributed by atoms with Gasteiger partial charge in [0.1, 0.15) is 5.82 Å². The summed E-state index contributed by atoms with van der Waals surface area (Å²) < 4.78 is 13.3. The molecule has 0 radical (unpaired) electrons. The molecule has 1 unspecified atom stereocenters. The molecule has 4 heteroatoms. The molecule has 1 aliphatic rings. The summed E-state index contributed by atoms with van der Waals surface area (Å²) in [5, 5.41) is 12.1. The lowest BCUT2D eigenvalue weighted by molar-refractivity contribution is 0.223. The zero-order chi connectivity index (χ0) is 13.7. The number of hydrogen-bond donors (Lipinski definition) is 1. The Balaban J connectivity index is 1.92. The van der Waals surface area contributed by atoms with Crippen LogP contribution in [0.15, 0.2) is 18.2 Å². The van der Waals surface area contributed by atoms with Crippen LogP contribution in [0.3, 0.4) is 0 Å². The summed E-state index contributed by atoms with van der Waals surface area (Å²) in [5.41, 5.74) is 1.04. The fourth-order valence-corrected chi connectivity index (χ4v) is 2.60. The number of rotatable bonds is 4. The maximum absolute atomic E-state index is 13.3. The first-order valence-electron chi connectivity index (χ1n) is 6.87. The molecular weight excluding hydrogens is 241 g/mol. The van der Waals surface area contributed by atoms with Crippen molar-refractivity contribution < 1.29 is 4.39 Å². The van der Waals surface area contributed by atoms with Gasteiger partial charge < -0.3 is 10.2 Å². The van der Waals surface area contributed by atoms with Gasteiger partial charge >= 0.3 is 0 Å². The smallest absolute Gasteiger partial charge is 0.126 e. The molecule has 19 heavy (non-hydrogen) atoms. The van der Waals surface area contributed by atoms with Crippen molar-refractivity contribution in [2.24, 2.45) is 0 Å². The Kier molecular flexibility index (Phi) is 4.75. The van der Waals surface area contributed by atoms with Crippen LogP contribution in [0.2, 0.25) is 0 Å². The van der Waals surface area contributed by atoms with Crippen molar-refractivity contribution >= 4 is 5.69 Å². The Hall–Kier alpha value is -1.60. The number of halogens is 1. The Morgan fingerprint density at radius 2 is 2.05 bits per heavy atom. The Labute approximate surface area is 114 Å². The molecule has 1 saturated heterocycles. The molecule has 3 nitrogen and oxygen atoms in total. The first-order valence-corrected chi connectivity index (χ1v) is 6.87. The summed E-state index contributed by atoms with van der Waals surface area (Å²) in [6.45, 7) is 5.35. The molecule has 0 amide bonds. The second-order valence-electron chi connectivity index (χ2n) is 5.25. The Morgan fingerprint density at radius 3 is 2.74 bits per heavy atom. The molecule has 1 fully saturated rings. The predicted molar refractivity (Wildman–Crippen MR) is 74.5 cm³/mol. The highest BCUT2D eigenvalue weighted by atomic mass is 19.1. The van der Waals surface area contributed by atoms with Gasteiger partial charge in [0, 0.05) is 18.3 Å². The van der Waals surface area contributed by atoms with Crippen molar-refractivity contribution in [2.75, 3.05) is 25.0 Å². The van der Waals surface area contributed by atoms with E-state index in [4.69, 9.17) is 5.26 Å². The molecule has 1 aliphatic heterocycles. The number of likely N-dealkylation sites (tertiary alicyclic amines) is 1. The molecule has 1 aromatic rings. The van der Waals surface area contributed by atoms with Crippen molar-refractivity contribution in [3.63, 3.8) is 0 Å². The molecule has 2 rings (SSSR count). The van der Waals surface area contributed by atoms with Crippen LogP contribution in [0.1, 0.15) is 31.7 Å². The maximum atomic E-state index is 13.3. The molecule has 102 valence electrons. The van der Waals surface area contributed by atoms with E-state index in [1.165, 1.54) is 31.4 Å². The van der Waals surface area contributed by atoms with Crippen LogP contribution in [0.5, 0.6) is 0 Å². The Morgan fingerprint density at radius 1 is 1.32 bits per heavy atom. The minimum atomic E-state index is -0.369. The minimum Gasteiger partial charge on any atom is -0.381 e. The number of nitrogens with zero attached hydrogens (tertiary/aromatic N) is 2. The van der Waals surface area contributed by atoms with Gasteiger partial charge in [0.2, 0.25) is 0 Å². The molecule has 0 aromatic heterocycles. The highest BCUT2D eigenvalue weighted by Gasteiger charge is 2.13. The lowest BCUT2D eigenvalue weighted by Gasteiger charge is -2.29. The highest BCUT2D eigenvalue weighted by Crippen LogP contribution is 2.15. The molecule has 0 spiro atoms. The van der Waals surface area contributed by atoms with E-state index in [-0.39, 0.29) is 11.9 Å². The third-order valence-corrected chi connectivity index (χ3v) is 3.42. The van der Waals surface area contributed by atoms with Crippen LogP contribution in [-0.2, 0) is 0 Å². The van der Waals surface area contributed by atoms with Crippen molar-refractivity contribution in [3.05, 3.63) is 29.6 Å². The van der Waals surface area contributed by atoms with E-state index in [1.807, 2.05) is 6.07 Å². The van der Waals surface area contributed by atoms with Crippen LogP contribution in [0.25, 0.3) is 0 Å². The molecule has 0 bridgehead atoms. The fourth-order valence-electron chi connectivity index (χ4n) is 2.60. The summed E-state index contributed by atoms with van der Waals surface area (Å²) in [7, 11) is 0. The van der Waals surface area contributed by atoms with Crippen molar-refractivity contribution in [1.82, 2.24) is 4.90 Å². The number of nitriles is 1. The van der Waals surface area contributed by atoms with Gasteiger partial charge in [-0.25, -0.2) is 4.39 Å². The van der Waals surface area contributed by atoms with E-state index in [1.54, 1.807) is 6.07 Å². The van der Waals surface area contributed by atoms with Crippen molar-refractivity contribution in [1.29, 1.82) is 5.26 Å². The number of nitrogens with one attached hydrogen (secondary N) is 1. The third-order valence-electron chi connectivity index (χ3n) is 3.42. The lowest BCUT2D eigenvalue weighted by atomic mass is 10.1. The molecule has 1 N–H and O–H groups in total. The first kappa shape index (κ1) is 13.8. The van der Waals surface area contributed by atoms with Crippen molar-refractivity contribution in [3.8, 4) is 6.07 Å². The molecule has 1 atom stereocenters. The average molecular weight is 261 g/mol. The largest absolute Gasteiger partial charge is 0.381 e. The Bertz CT molecular complexity index is 461. The second kappa shape index (κ2) is 6.53. The van der Waals surface area contributed by atoms with Gasteiger partial charge in [-0.1, -0.05) is 6.42 Å². The maximum Gasteiger partial charge on any atom is 0.126 e. The van der Waals surface area contributed by atoms with Gasteiger partial charge in [-0.15, -0.1) is 0 Å². The van der Waals surface area contributed by atoms with Crippen LogP contribution >= 0.6 is 0 Å². The summed E-state index contributed by atoms with van der Waals surface area (Å²) in [6.07, 6.45) is 3.87.